The van der Waals surface area contributed by atoms with E-state index >= 15 is 0 Å². The third kappa shape index (κ3) is 5.92. The van der Waals surface area contributed by atoms with E-state index in [0.29, 0.717) is 19.4 Å². The van der Waals surface area contributed by atoms with Gasteiger partial charge in [0.2, 0.25) is 0 Å². The lowest BCUT2D eigenvalue weighted by molar-refractivity contribution is -0.138. The molecule has 0 aromatic heterocycles. The normalized spacial score (nSPS) is 12.1. The van der Waals surface area contributed by atoms with E-state index < -0.39 is 12.0 Å². The van der Waals surface area contributed by atoms with E-state index in [9.17, 15) is 4.79 Å². The summed E-state index contributed by atoms with van der Waals surface area (Å²) in [5.74, 6) is -1.20. The quantitative estimate of drug-likeness (QED) is 0.237. The molecule has 0 rings (SSSR count). The number of carboxylic acids is 1. The van der Waals surface area contributed by atoms with Gasteiger partial charge >= 0.3 is 5.97 Å². The van der Waals surface area contributed by atoms with Gasteiger partial charge in [-0.3, -0.25) is 0 Å². The van der Waals surface area contributed by atoms with E-state index in [0.717, 1.165) is 6.42 Å². The molecule has 0 radical (unpaired) electrons. The molecule has 0 saturated carbocycles. The van der Waals surface area contributed by atoms with Gasteiger partial charge in [0.25, 0.3) is 0 Å². The lowest BCUT2D eigenvalue weighted by atomic mass is 10.1. The number of aliphatic carboxylic acids is 1. The standard InChI is InChI=1S/C7H16N4O2/c8-4-2-1-3-5(6(12)13)11-7(9)10/h5H,1-4,8H2,(H,12,13)(H4,9,10,11)/t5-/m0/s1. The minimum absolute atomic E-state index is 0.194. The molecule has 0 aromatic rings. The Balaban J connectivity index is 3.96. The molecule has 1 atom stereocenters. The van der Waals surface area contributed by atoms with Crippen LogP contribution in [-0.4, -0.2) is 29.6 Å². The molecule has 0 bridgehead atoms. The highest BCUT2D eigenvalue weighted by molar-refractivity contribution is 5.81. The van der Waals surface area contributed by atoms with Crippen molar-refractivity contribution in [2.24, 2.45) is 22.2 Å². The first-order valence-electron chi connectivity index (χ1n) is 4.09. The van der Waals surface area contributed by atoms with E-state index in [-0.39, 0.29) is 5.96 Å². The van der Waals surface area contributed by atoms with Crippen molar-refractivity contribution >= 4 is 11.9 Å². The maximum absolute atomic E-state index is 10.6. The smallest absolute Gasteiger partial charge is 0.328 e. The van der Waals surface area contributed by atoms with Crippen molar-refractivity contribution < 1.29 is 9.90 Å². The first kappa shape index (κ1) is 11.7. The molecule has 0 heterocycles. The molecule has 0 aliphatic carbocycles. The van der Waals surface area contributed by atoms with Crippen LogP contribution in [0, 0.1) is 0 Å². The van der Waals surface area contributed by atoms with Crippen molar-refractivity contribution in [3.8, 4) is 0 Å². The van der Waals surface area contributed by atoms with Crippen molar-refractivity contribution in [1.82, 2.24) is 0 Å². The molecule has 0 amide bonds. The Bertz CT molecular complexity index is 189. The van der Waals surface area contributed by atoms with Crippen molar-refractivity contribution in [2.45, 2.75) is 25.3 Å². The third-order valence-corrected chi connectivity index (χ3v) is 1.52. The highest BCUT2D eigenvalue weighted by Gasteiger charge is 2.15. The third-order valence-electron chi connectivity index (χ3n) is 1.52. The summed E-state index contributed by atoms with van der Waals surface area (Å²) >= 11 is 0. The molecule has 6 heteroatoms. The molecule has 13 heavy (non-hydrogen) atoms. The van der Waals surface area contributed by atoms with Crippen LogP contribution in [0.1, 0.15) is 19.3 Å². The van der Waals surface area contributed by atoms with E-state index in [4.69, 9.17) is 22.3 Å². The van der Waals surface area contributed by atoms with Gasteiger partial charge < -0.3 is 22.3 Å². The number of carboxylic acid groups (broad SMARTS) is 1. The SMILES string of the molecule is NCCCC[C@H](N=C(N)N)C(=O)O. The molecule has 6 nitrogen and oxygen atoms in total. The van der Waals surface area contributed by atoms with Gasteiger partial charge in [0.05, 0.1) is 0 Å². The van der Waals surface area contributed by atoms with Crippen LogP contribution in [-0.2, 0) is 4.79 Å². The number of hydrogen-bond acceptors (Lipinski definition) is 3. The molecule has 0 aliphatic rings. The molecule has 0 spiro atoms. The van der Waals surface area contributed by atoms with Crippen molar-refractivity contribution in [3.63, 3.8) is 0 Å². The van der Waals surface area contributed by atoms with Gasteiger partial charge in [0.1, 0.15) is 0 Å². The van der Waals surface area contributed by atoms with Gasteiger partial charge in [-0.25, -0.2) is 9.79 Å². The molecule has 0 unspecified atom stereocenters. The minimum atomic E-state index is -1.01. The number of unbranched alkanes of at least 4 members (excludes halogenated alkanes) is 1. The number of guanidine groups is 1. The largest absolute Gasteiger partial charge is 0.480 e. The molecule has 7 N–H and O–H groups in total. The monoisotopic (exact) mass is 188 g/mol. The maximum Gasteiger partial charge on any atom is 0.328 e. The second kappa shape index (κ2) is 6.24. The zero-order valence-corrected chi connectivity index (χ0v) is 7.44. The topological polar surface area (TPSA) is 128 Å². The van der Waals surface area contributed by atoms with Gasteiger partial charge in [0.15, 0.2) is 12.0 Å². The van der Waals surface area contributed by atoms with Gasteiger partial charge in [0, 0.05) is 0 Å². The Morgan fingerprint density at radius 2 is 2.00 bits per heavy atom. The lowest BCUT2D eigenvalue weighted by Crippen LogP contribution is -2.29. The molecule has 0 aliphatic heterocycles. The fourth-order valence-electron chi connectivity index (χ4n) is 0.905. The van der Waals surface area contributed by atoms with Crippen LogP contribution < -0.4 is 17.2 Å². The second-order valence-corrected chi connectivity index (χ2v) is 2.69. The fourth-order valence-corrected chi connectivity index (χ4v) is 0.905. The van der Waals surface area contributed by atoms with Crippen LogP contribution in [0.3, 0.4) is 0 Å². The maximum atomic E-state index is 10.6. The predicted molar refractivity (Wildman–Crippen MR) is 50.1 cm³/mol. The van der Waals surface area contributed by atoms with Crippen LogP contribution in [0.15, 0.2) is 4.99 Å². The molecule has 76 valence electrons. The molecule has 0 saturated heterocycles. The zero-order chi connectivity index (χ0) is 10.3. The Labute approximate surface area is 76.8 Å². The van der Waals surface area contributed by atoms with Gasteiger partial charge in [-0.1, -0.05) is 0 Å². The highest BCUT2D eigenvalue weighted by atomic mass is 16.4. The van der Waals surface area contributed by atoms with Crippen LogP contribution >= 0.6 is 0 Å². The summed E-state index contributed by atoms with van der Waals surface area (Å²) in [5, 5.41) is 8.67. The molecular weight excluding hydrogens is 172 g/mol. The zero-order valence-electron chi connectivity index (χ0n) is 7.44. The van der Waals surface area contributed by atoms with E-state index in [1.165, 1.54) is 0 Å². The average molecular weight is 188 g/mol. The van der Waals surface area contributed by atoms with Gasteiger partial charge in [-0.15, -0.1) is 0 Å². The highest BCUT2D eigenvalue weighted by Crippen LogP contribution is 2.04. The number of hydrogen-bond donors (Lipinski definition) is 4. The van der Waals surface area contributed by atoms with Gasteiger partial charge in [-0.2, -0.15) is 0 Å². The van der Waals surface area contributed by atoms with E-state index in [1.54, 1.807) is 0 Å². The minimum Gasteiger partial charge on any atom is -0.480 e. The molecule has 0 fully saturated rings. The number of carbonyl (C=O) groups is 1. The lowest BCUT2D eigenvalue weighted by Gasteiger charge is -2.06. The Morgan fingerprint density at radius 3 is 2.38 bits per heavy atom. The fraction of sp³-hybridized carbons (Fsp3) is 0.714. The number of rotatable bonds is 6. The van der Waals surface area contributed by atoms with Crippen LogP contribution in [0.25, 0.3) is 0 Å². The van der Waals surface area contributed by atoms with Crippen LogP contribution in [0.2, 0.25) is 0 Å². The van der Waals surface area contributed by atoms with E-state index in [2.05, 4.69) is 4.99 Å². The summed E-state index contributed by atoms with van der Waals surface area (Å²) in [6.45, 7) is 0.550. The Hall–Kier alpha value is -1.30. The van der Waals surface area contributed by atoms with Crippen LogP contribution in [0.4, 0.5) is 0 Å². The van der Waals surface area contributed by atoms with E-state index in [1.807, 2.05) is 0 Å². The van der Waals surface area contributed by atoms with Crippen molar-refractivity contribution in [2.75, 3.05) is 6.54 Å². The number of aliphatic imine (C=N–C) groups is 1. The van der Waals surface area contributed by atoms with Crippen molar-refractivity contribution in [1.29, 1.82) is 0 Å². The Morgan fingerprint density at radius 1 is 1.38 bits per heavy atom. The summed E-state index contributed by atoms with van der Waals surface area (Å²) in [7, 11) is 0. The van der Waals surface area contributed by atoms with Crippen LogP contribution in [0.5, 0.6) is 0 Å². The second-order valence-electron chi connectivity index (χ2n) is 2.69. The first-order chi connectivity index (χ1) is 6.07. The number of nitrogens with zero attached hydrogens (tertiary/aromatic N) is 1. The average Bonchev–Trinajstić information content (AvgIpc) is 2.02. The summed E-state index contributed by atoms with van der Waals surface area (Å²) in [4.78, 5) is 14.2. The summed E-state index contributed by atoms with van der Waals surface area (Å²) in [6, 6.07) is -0.837. The predicted octanol–water partition coefficient (Wildman–Crippen LogP) is -1.16. The summed E-state index contributed by atoms with van der Waals surface area (Å²) in [5.41, 5.74) is 15.4. The molecule has 0 aromatic carbocycles. The van der Waals surface area contributed by atoms with Gasteiger partial charge in [-0.05, 0) is 25.8 Å². The molecular formula is C7H16N4O2. The summed E-state index contributed by atoms with van der Waals surface area (Å²) < 4.78 is 0. The Kier molecular flexibility index (Phi) is 5.62. The summed E-state index contributed by atoms with van der Waals surface area (Å²) in [6.07, 6.45) is 1.92. The van der Waals surface area contributed by atoms with Crippen molar-refractivity contribution in [3.05, 3.63) is 0 Å². The first-order valence-corrected chi connectivity index (χ1v) is 4.09. The number of nitrogens with two attached hydrogens (primary N) is 3.